The largest absolute Gasteiger partial charge is 0.491 e. The quantitative estimate of drug-likeness (QED) is 0.470. The number of carbonyl (C=O) groups is 2. The first-order chi connectivity index (χ1) is 14.8. The fraction of sp³-hybridized carbons (Fsp3) is 0.440. The second kappa shape index (κ2) is 12.6. The average molecular weight is 427 g/mol. The maximum absolute atomic E-state index is 12.3. The summed E-state index contributed by atoms with van der Waals surface area (Å²) >= 11 is 0. The van der Waals surface area contributed by atoms with Crippen LogP contribution in [0.2, 0.25) is 0 Å². The van der Waals surface area contributed by atoms with E-state index in [2.05, 4.69) is 38.3 Å². The van der Waals surface area contributed by atoms with E-state index in [1.54, 1.807) is 0 Å². The molecule has 6 heteroatoms. The predicted molar refractivity (Wildman–Crippen MR) is 125 cm³/mol. The first kappa shape index (κ1) is 24.3. The molecule has 0 bridgehead atoms. The van der Waals surface area contributed by atoms with E-state index in [4.69, 9.17) is 9.47 Å². The molecular weight excluding hydrogens is 392 g/mol. The van der Waals surface area contributed by atoms with Crippen LogP contribution in [-0.4, -0.2) is 25.0 Å². The highest BCUT2D eigenvalue weighted by Gasteiger charge is 2.11. The SMILES string of the molecule is CC(C)COc1ccccc1NC(=O)CCCC(=O)Nc1ccccc1OCC(C)C. The Kier molecular flexibility index (Phi) is 9.88. The van der Waals surface area contributed by atoms with Crippen molar-refractivity contribution in [1.29, 1.82) is 0 Å². The van der Waals surface area contributed by atoms with Crippen LogP contribution < -0.4 is 20.1 Å². The Hall–Kier alpha value is -3.02. The van der Waals surface area contributed by atoms with Gasteiger partial charge in [0.25, 0.3) is 0 Å². The number of amides is 2. The molecular formula is C25H34N2O4. The minimum absolute atomic E-state index is 0.144. The highest BCUT2D eigenvalue weighted by atomic mass is 16.5. The molecule has 0 atom stereocenters. The number of para-hydroxylation sites is 4. The van der Waals surface area contributed by atoms with E-state index in [9.17, 15) is 9.59 Å². The number of nitrogens with one attached hydrogen (secondary N) is 2. The Morgan fingerprint density at radius 3 is 1.48 bits per heavy atom. The molecule has 0 heterocycles. The smallest absolute Gasteiger partial charge is 0.224 e. The lowest BCUT2D eigenvalue weighted by atomic mass is 10.2. The molecule has 0 aliphatic rings. The van der Waals surface area contributed by atoms with E-state index < -0.39 is 0 Å². The van der Waals surface area contributed by atoms with Crippen LogP contribution in [0.4, 0.5) is 11.4 Å². The van der Waals surface area contributed by atoms with Crippen molar-refractivity contribution >= 4 is 23.2 Å². The van der Waals surface area contributed by atoms with Gasteiger partial charge in [-0.05, 0) is 42.5 Å². The van der Waals surface area contributed by atoms with Gasteiger partial charge >= 0.3 is 0 Å². The molecule has 0 radical (unpaired) electrons. The zero-order chi connectivity index (χ0) is 22.6. The topological polar surface area (TPSA) is 76.7 Å². The predicted octanol–water partition coefficient (Wildman–Crippen LogP) is 5.50. The highest BCUT2D eigenvalue weighted by molar-refractivity contribution is 5.94. The summed E-state index contributed by atoms with van der Waals surface area (Å²) < 4.78 is 11.5. The van der Waals surface area contributed by atoms with Gasteiger partial charge in [0.05, 0.1) is 24.6 Å². The normalized spacial score (nSPS) is 10.8. The second-order valence-corrected chi connectivity index (χ2v) is 8.35. The van der Waals surface area contributed by atoms with E-state index in [0.717, 1.165) is 0 Å². The number of rotatable bonds is 12. The lowest BCUT2D eigenvalue weighted by molar-refractivity contribution is -0.117. The fourth-order valence-electron chi connectivity index (χ4n) is 2.74. The van der Waals surface area contributed by atoms with Crippen LogP contribution in [0, 0.1) is 11.8 Å². The van der Waals surface area contributed by atoms with E-state index in [-0.39, 0.29) is 24.7 Å². The average Bonchev–Trinajstić information content (AvgIpc) is 2.72. The van der Waals surface area contributed by atoms with Gasteiger partial charge in [-0.1, -0.05) is 52.0 Å². The number of hydrogen-bond acceptors (Lipinski definition) is 4. The Balaban J connectivity index is 1.80. The van der Waals surface area contributed by atoms with Gasteiger partial charge < -0.3 is 20.1 Å². The number of anilines is 2. The van der Waals surface area contributed by atoms with Gasteiger partial charge in [0, 0.05) is 12.8 Å². The molecule has 0 unspecified atom stereocenters. The van der Waals surface area contributed by atoms with E-state index in [1.807, 2.05) is 48.5 Å². The van der Waals surface area contributed by atoms with Crippen LogP contribution in [0.1, 0.15) is 47.0 Å². The maximum Gasteiger partial charge on any atom is 0.224 e. The minimum Gasteiger partial charge on any atom is -0.491 e. The molecule has 2 amide bonds. The van der Waals surface area contributed by atoms with E-state index in [1.165, 1.54) is 0 Å². The molecule has 2 rings (SSSR count). The van der Waals surface area contributed by atoms with Crippen molar-refractivity contribution in [2.24, 2.45) is 11.8 Å². The summed E-state index contributed by atoms with van der Waals surface area (Å²) in [4.78, 5) is 24.7. The summed E-state index contributed by atoms with van der Waals surface area (Å²) in [7, 11) is 0. The van der Waals surface area contributed by atoms with Crippen LogP contribution >= 0.6 is 0 Å². The molecule has 0 fully saturated rings. The van der Waals surface area contributed by atoms with Gasteiger partial charge in [0.15, 0.2) is 0 Å². The summed E-state index contributed by atoms with van der Waals surface area (Å²) in [6.07, 6.45) is 0.941. The van der Waals surface area contributed by atoms with Crippen molar-refractivity contribution in [3.63, 3.8) is 0 Å². The fourth-order valence-corrected chi connectivity index (χ4v) is 2.74. The van der Waals surface area contributed by atoms with Gasteiger partial charge in [-0.2, -0.15) is 0 Å². The molecule has 0 aliphatic heterocycles. The monoisotopic (exact) mass is 426 g/mol. The van der Waals surface area contributed by atoms with Crippen molar-refractivity contribution in [1.82, 2.24) is 0 Å². The van der Waals surface area contributed by atoms with Gasteiger partial charge in [0.2, 0.25) is 11.8 Å². The summed E-state index contributed by atoms with van der Waals surface area (Å²) in [6.45, 7) is 9.44. The minimum atomic E-state index is -0.144. The number of hydrogen-bond donors (Lipinski definition) is 2. The van der Waals surface area contributed by atoms with Crippen LogP contribution in [0.25, 0.3) is 0 Å². The van der Waals surface area contributed by atoms with Gasteiger partial charge in [0.1, 0.15) is 11.5 Å². The first-order valence-corrected chi connectivity index (χ1v) is 10.9. The van der Waals surface area contributed by atoms with Crippen molar-refractivity contribution < 1.29 is 19.1 Å². The molecule has 6 nitrogen and oxygen atoms in total. The molecule has 2 aromatic rings. The summed E-state index contributed by atoms with van der Waals surface area (Å²) in [6, 6.07) is 14.8. The lowest BCUT2D eigenvalue weighted by Crippen LogP contribution is -2.16. The molecule has 0 saturated heterocycles. The third kappa shape index (κ3) is 9.11. The van der Waals surface area contributed by atoms with Crippen LogP contribution in [-0.2, 0) is 9.59 Å². The Labute approximate surface area is 185 Å². The third-order valence-electron chi connectivity index (χ3n) is 4.27. The van der Waals surface area contributed by atoms with Crippen LogP contribution in [0.3, 0.4) is 0 Å². The molecule has 2 N–H and O–H groups in total. The Morgan fingerprint density at radius 2 is 1.10 bits per heavy atom. The third-order valence-corrected chi connectivity index (χ3v) is 4.27. The second-order valence-electron chi connectivity index (χ2n) is 8.35. The zero-order valence-corrected chi connectivity index (χ0v) is 18.9. The van der Waals surface area contributed by atoms with Gasteiger partial charge in [-0.25, -0.2) is 0 Å². The molecule has 31 heavy (non-hydrogen) atoms. The first-order valence-electron chi connectivity index (χ1n) is 10.9. The zero-order valence-electron chi connectivity index (χ0n) is 18.9. The van der Waals surface area contributed by atoms with Gasteiger partial charge in [-0.15, -0.1) is 0 Å². The van der Waals surface area contributed by atoms with Crippen molar-refractivity contribution in [2.45, 2.75) is 47.0 Å². The highest BCUT2D eigenvalue weighted by Crippen LogP contribution is 2.26. The standard InChI is InChI=1S/C25H34N2O4/c1-18(2)16-30-22-12-7-5-10-20(22)26-24(28)14-9-15-25(29)27-21-11-6-8-13-23(21)31-17-19(3)4/h5-8,10-13,18-19H,9,14-17H2,1-4H3,(H,26,28)(H,27,29). The van der Waals surface area contributed by atoms with Crippen LogP contribution in [0.5, 0.6) is 11.5 Å². The van der Waals surface area contributed by atoms with E-state index >= 15 is 0 Å². The number of benzene rings is 2. The van der Waals surface area contributed by atoms with Crippen molar-refractivity contribution in [2.75, 3.05) is 23.8 Å². The van der Waals surface area contributed by atoms with Crippen LogP contribution in [0.15, 0.2) is 48.5 Å². The Bertz CT molecular complexity index is 779. The van der Waals surface area contributed by atoms with E-state index in [0.29, 0.717) is 54.3 Å². The maximum atomic E-state index is 12.3. The molecule has 2 aromatic carbocycles. The lowest BCUT2D eigenvalue weighted by Gasteiger charge is -2.14. The summed E-state index contributed by atoms with van der Waals surface area (Å²) in [5, 5.41) is 5.76. The summed E-state index contributed by atoms with van der Waals surface area (Å²) in [5.41, 5.74) is 1.29. The molecule has 0 spiro atoms. The molecule has 0 aliphatic carbocycles. The molecule has 0 aromatic heterocycles. The van der Waals surface area contributed by atoms with Crippen molar-refractivity contribution in [3.05, 3.63) is 48.5 Å². The summed E-state index contributed by atoms with van der Waals surface area (Å²) in [5.74, 6) is 1.80. The molecule has 0 saturated carbocycles. The number of ether oxygens (including phenoxy) is 2. The molecule has 168 valence electrons. The van der Waals surface area contributed by atoms with Gasteiger partial charge in [-0.3, -0.25) is 9.59 Å². The van der Waals surface area contributed by atoms with Crippen molar-refractivity contribution in [3.8, 4) is 11.5 Å². The number of carbonyl (C=O) groups excluding carboxylic acids is 2. The Morgan fingerprint density at radius 1 is 0.710 bits per heavy atom.